The van der Waals surface area contributed by atoms with Crippen LogP contribution in [-0.2, 0) is 13.0 Å². The number of fused-ring (bicyclic) bond motifs is 1. The van der Waals surface area contributed by atoms with E-state index in [9.17, 15) is 4.79 Å². The van der Waals surface area contributed by atoms with Crippen molar-refractivity contribution in [1.82, 2.24) is 10.3 Å². The van der Waals surface area contributed by atoms with Crippen LogP contribution >= 0.6 is 22.9 Å². The van der Waals surface area contributed by atoms with Crippen LogP contribution in [-0.4, -0.2) is 16.4 Å². The van der Waals surface area contributed by atoms with Crippen LogP contribution in [0.5, 0.6) is 0 Å². The Labute approximate surface area is 132 Å². The molecule has 0 saturated carbocycles. The van der Waals surface area contributed by atoms with E-state index in [2.05, 4.69) is 15.6 Å². The van der Waals surface area contributed by atoms with Gasteiger partial charge in [-0.1, -0.05) is 17.7 Å². The number of anilines is 1. The number of amides is 1. The van der Waals surface area contributed by atoms with Crippen molar-refractivity contribution < 1.29 is 4.79 Å². The maximum absolute atomic E-state index is 12.2. The van der Waals surface area contributed by atoms with Gasteiger partial charge in [0.25, 0.3) is 5.91 Å². The van der Waals surface area contributed by atoms with Crippen LogP contribution in [0.25, 0.3) is 0 Å². The molecule has 0 fully saturated rings. The zero-order valence-electron chi connectivity index (χ0n) is 11.9. The number of hydrogen-bond acceptors (Lipinski definition) is 4. The molecule has 2 aromatic rings. The molecule has 2 N–H and O–H groups in total. The first-order valence-corrected chi connectivity index (χ1v) is 7.92. The molecule has 0 atom stereocenters. The van der Waals surface area contributed by atoms with Gasteiger partial charge in [0.1, 0.15) is 0 Å². The van der Waals surface area contributed by atoms with Crippen LogP contribution in [0.4, 0.5) is 5.69 Å². The lowest BCUT2D eigenvalue weighted by Crippen LogP contribution is -2.49. The summed E-state index contributed by atoms with van der Waals surface area (Å²) in [5.74, 6) is -0.00858. The quantitative estimate of drug-likeness (QED) is 0.910. The van der Waals surface area contributed by atoms with Gasteiger partial charge in [0, 0.05) is 27.9 Å². The molecule has 4 nitrogen and oxygen atoms in total. The van der Waals surface area contributed by atoms with Crippen molar-refractivity contribution in [1.29, 1.82) is 0 Å². The van der Waals surface area contributed by atoms with Gasteiger partial charge in [-0.15, -0.1) is 11.3 Å². The summed E-state index contributed by atoms with van der Waals surface area (Å²) in [7, 11) is 0. The minimum Gasteiger partial charge on any atom is -0.380 e. The molecule has 3 rings (SSSR count). The Bertz CT molecular complexity index is 696. The first-order valence-electron chi connectivity index (χ1n) is 6.72. The number of carbonyl (C=O) groups excluding carboxylic acids is 1. The fourth-order valence-corrected chi connectivity index (χ4v) is 3.42. The molecule has 1 aromatic carbocycles. The van der Waals surface area contributed by atoms with Crippen molar-refractivity contribution in [2.75, 3.05) is 5.32 Å². The fraction of sp³-hybridized carbons (Fsp3) is 0.333. The zero-order chi connectivity index (χ0) is 15.0. The summed E-state index contributed by atoms with van der Waals surface area (Å²) in [5.41, 5.74) is 2.59. The van der Waals surface area contributed by atoms with Gasteiger partial charge in [-0.2, -0.15) is 0 Å². The van der Waals surface area contributed by atoms with Crippen LogP contribution < -0.4 is 10.6 Å². The van der Waals surface area contributed by atoms with Gasteiger partial charge in [0.15, 0.2) is 4.47 Å². The van der Waals surface area contributed by atoms with Gasteiger partial charge in [0.05, 0.1) is 6.54 Å². The summed E-state index contributed by atoms with van der Waals surface area (Å²) in [6.45, 7) is 4.72. The number of halogens is 1. The molecule has 2 heterocycles. The average Bonchev–Trinajstić information content (AvgIpc) is 2.81. The highest BCUT2D eigenvalue weighted by Gasteiger charge is 2.29. The van der Waals surface area contributed by atoms with Crippen molar-refractivity contribution in [3.05, 3.63) is 44.9 Å². The first-order chi connectivity index (χ1) is 9.93. The Balaban J connectivity index is 1.77. The maximum Gasteiger partial charge on any atom is 0.252 e. The third-order valence-electron chi connectivity index (χ3n) is 3.43. The molecule has 0 unspecified atom stereocenters. The molecule has 110 valence electrons. The highest BCUT2D eigenvalue weighted by atomic mass is 35.5. The van der Waals surface area contributed by atoms with Crippen molar-refractivity contribution in [3.8, 4) is 0 Å². The van der Waals surface area contributed by atoms with Gasteiger partial charge in [0.2, 0.25) is 0 Å². The summed E-state index contributed by atoms with van der Waals surface area (Å²) in [4.78, 5) is 17.2. The van der Waals surface area contributed by atoms with Crippen LogP contribution in [0.1, 0.15) is 34.6 Å². The van der Waals surface area contributed by atoms with E-state index >= 15 is 0 Å². The summed E-state index contributed by atoms with van der Waals surface area (Å²) >= 11 is 7.26. The molecule has 0 radical (unpaired) electrons. The van der Waals surface area contributed by atoms with E-state index < -0.39 is 0 Å². The van der Waals surface area contributed by atoms with Crippen LogP contribution in [0.3, 0.4) is 0 Å². The van der Waals surface area contributed by atoms with Gasteiger partial charge in [-0.3, -0.25) is 4.79 Å². The smallest absolute Gasteiger partial charge is 0.252 e. The van der Waals surface area contributed by atoms with Crippen molar-refractivity contribution in [3.63, 3.8) is 0 Å². The molecule has 1 amide bonds. The van der Waals surface area contributed by atoms with E-state index in [1.807, 2.05) is 32.0 Å². The molecule has 21 heavy (non-hydrogen) atoms. The minimum absolute atomic E-state index is 0.00858. The lowest BCUT2D eigenvalue weighted by Gasteiger charge is -2.32. The largest absolute Gasteiger partial charge is 0.380 e. The number of aromatic nitrogens is 1. The lowest BCUT2D eigenvalue weighted by atomic mass is 9.87. The van der Waals surface area contributed by atoms with E-state index in [4.69, 9.17) is 11.6 Å². The molecule has 0 spiro atoms. The average molecular weight is 322 g/mol. The third-order valence-corrected chi connectivity index (χ3v) is 4.55. The predicted octanol–water partition coefficient (Wildman–Crippen LogP) is 3.47. The molecule has 0 saturated heterocycles. The molecule has 1 aliphatic rings. The van der Waals surface area contributed by atoms with Gasteiger partial charge in [-0.25, -0.2) is 4.98 Å². The molecule has 1 aliphatic heterocycles. The summed E-state index contributed by atoms with van der Waals surface area (Å²) in [6, 6.07) is 5.94. The summed E-state index contributed by atoms with van der Waals surface area (Å²) < 4.78 is 0.541. The topological polar surface area (TPSA) is 54.0 Å². The number of thiazole rings is 1. The lowest BCUT2D eigenvalue weighted by molar-refractivity contribution is 0.0897. The number of benzene rings is 1. The van der Waals surface area contributed by atoms with Gasteiger partial charge >= 0.3 is 0 Å². The maximum atomic E-state index is 12.2. The predicted molar refractivity (Wildman–Crippen MR) is 86.1 cm³/mol. The zero-order valence-corrected chi connectivity index (χ0v) is 13.4. The number of nitrogens with one attached hydrogen (secondary N) is 2. The van der Waals surface area contributed by atoms with Crippen LogP contribution in [0.15, 0.2) is 24.4 Å². The minimum atomic E-state index is -0.182. The summed E-state index contributed by atoms with van der Waals surface area (Å²) in [6.07, 6.45) is 2.60. The monoisotopic (exact) mass is 321 g/mol. The highest BCUT2D eigenvalue weighted by molar-refractivity contribution is 7.15. The first kappa shape index (κ1) is 14.4. The molecule has 1 aromatic heterocycles. The van der Waals surface area contributed by atoms with Crippen molar-refractivity contribution in [2.45, 2.75) is 32.4 Å². The molecule has 0 aliphatic carbocycles. The second-order valence-electron chi connectivity index (χ2n) is 5.82. The third kappa shape index (κ3) is 3.19. The highest BCUT2D eigenvalue weighted by Crippen LogP contribution is 2.26. The Morgan fingerprint density at radius 2 is 2.29 bits per heavy atom. The Morgan fingerprint density at radius 3 is 3.00 bits per heavy atom. The van der Waals surface area contributed by atoms with E-state index in [0.29, 0.717) is 11.0 Å². The van der Waals surface area contributed by atoms with E-state index in [-0.39, 0.29) is 11.4 Å². The molecule has 6 heteroatoms. The normalized spacial score (nSPS) is 16.2. The standard InChI is InChI=1S/C15H16ClN3OS/c1-15(2)6-9-3-4-10(5-12(9)13(20)19-15)17-7-11-8-18-14(16)21-11/h3-5,8,17H,6-7H2,1-2H3,(H,19,20). The van der Waals surface area contributed by atoms with Crippen LogP contribution in [0, 0.1) is 0 Å². The Morgan fingerprint density at radius 1 is 1.48 bits per heavy atom. The Hall–Kier alpha value is -1.59. The second kappa shape index (κ2) is 5.31. The van der Waals surface area contributed by atoms with E-state index in [1.54, 1.807) is 6.20 Å². The molecular weight excluding hydrogens is 306 g/mol. The number of carbonyl (C=O) groups is 1. The van der Waals surface area contributed by atoms with Crippen molar-refractivity contribution in [2.24, 2.45) is 0 Å². The van der Waals surface area contributed by atoms with E-state index in [0.717, 1.165) is 28.1 Å². The van der Waals surface area contributed by atoms with E-state index in [1.165, 1.54) is 11.3 Å². The fourth-order valence-electron chi connectivity index (χ4n) is 2.50. The number of hydrogen-bond donors (Lipinski definition) is 2. The van der Waals surface area contributed by atoms with Gasteiger partial charge in [-0.05, 0) is 38.0 Å². The summed E-state index contributed by atoms with van der Waals surface area (Å²) in [5, 5.41) is 6.32. The number of rotatable bonds is 3. The van der Waals surface area contributed by atoms with Gasteiger partial charge < -0.3 is 10.6 Å². The molecular formula is C15H16ClN3OS. The SMILES string of the molecule is CC1(C)Cc2ccc(NCc3cnc(Cl)s3)cc2C(=O)N1. The van der Waals surface area contributed by atoms with Crippen LogP contribution in [0.2, 0.25) is 4.47 Å². The number of nitrogens with zero attached hydrogens (tertiary/aromatic N) is 1. The van der Waals surface area contributed by atoms with Crippen molar-refractivity contribution >= 4 is 34.5 Å². The molecule has 0 bridgehead atoms. The second-order valence-corrected chi connectivity index (χ2v) is 7.52. The Kier molecular flexibility index (Phi) is 3.63.